The summed E-state index contributed by atoms with van der Waals surface area (Å²) in [6.07, 6.45) is 1.39. The van der Waals surface area contributed by atoms with Gasteiger partial charge >= 0.3 is 5.97 Å². The van der Waals surface area contributed by atoms with Crippen molar-refractivity contribution >= 4 is 33.2 Å². The molecule has 0 radical (unpaired) electrons. The van der Waals surface area contributed by atoms with Crippen LogP contribution in [0.5, 0.6) is 0 Å². The lowest BCUT2D eigenvalue weighted by Crippen LogP contribution is -1.89. The van der Waals surface area contributed by atoms with Crippen molar-refractivity contribution in [1.29, 1.82) is 0 Å². The second-order valence-corrected chi connectivity index (χ2v) is 5.24. The average Bonchev–Trinajstić information content (AvgIpc) is 2.66. The van der Waals surface area contributed by atoms with Crippen LogP contribution in [-0.4, -0.2) is 16.1 Å². The van der Waals surface area contributed by atoms with E-state index in [9.17, 15) is 4.79 Å². The number of carbonyl (C=O) groups is 1. The summed E-state index contributed by atoms with van der Waals surface area (Å²) >= 11 is 4.57. The maximum Gasteiger partial charge on any atom is 0.347 e. The standard InChI is InChI=1S/C11H8BrNO2S/c1-6-4-7(12)2-3-8(6)10-13-5-9(16-10)11(14)15/h2-5H,1H3,(H,14,15). The summed E-state index contributed by atoms with van der Waals surface area (Å²) in [4.78, 5) is 15.1. The SMILES string of the molecule is Cc1cc(Br)ccc1-c1ncc(C(=O)O)s1. The van der Waals surface area contributed by atoms with Crippen LogP contribution in [-0.2, 0) is 0 Å². The second-order valence-electron chi connectivity index (χ2n) is 3.29. The molecule has 1 N–H and O–H groups in total. The molecule has 0 unspecified atom stereocenters. The molecule has 16 heavy (non-hydrogen) atoms. The van der Waals surface area contributed by atoms with Crippen molar-refractivity contribution in [3.8, 4) is 10.6 Å². The predicted octanol–water partition coefficient (Wildman–Crippen LogP) is 3.58. The molecule has 3 nitrogen and oxygen atoms in total. The molecule has 0 aliphatic carbocycles. The van der Waals surface area contributed by atoms with E-state index < -0.39 is 5.97 Å². The molecule has 1 aromatic carbocycles. The van der Waals surface area contributed by atoms with Gasteiger partial charge in [0.1, 0.15) is 9.88 Å². The fourth-order valence-corrected chi connectivity index (χ4v) is 2.69. The zero-order valence-electron chi connectivity index (χ0n) is 8.40. The molecule has 0 saturated heterocycles. The van der Waals surface area contributed by atoms with E-state index in [1.165, 1.54) is 17.5 Å². The normalized spacial score (nSPS) is 10.4. The Hall–Kier alpha value is -1.20. The monoisotopic (exact) mass is 297 g/mol. The van der Waals surface area contributed by atoms with Gasteiger partial charge in [0.15, 0.2) is 0 Å². The van der Waals surface area contributed by atoms with E-state index in [0.717, 1.165) is 20.6 Å². The smallest absolute Gasteiger partial charge is 0.347 e. The van der Waals surface area contributed by atoms with Gasteiger partial charge in [-0.2, -0.15) is 0 Å². The summed E-state index contributed by atoms with van der Waals surface area (Å²) in [6, 6.07) is 5.84. The van der Waals surface area contributed by atoms with Crippen molar-refractivity contribution in [2.75, 3.05) is 0 Å². The highest BCUT2D eigenvalue weighted by atomic mass is 79.9. The van der Waals surface area contributed by atoms with E-state index in [4.69, 9.17) is 5.11 Å². The number of aromatic carboxylic acids is 1. The predicted molar refractivity (Wildman–Crippen MR) is 66.9 cm³/mol. The van der Waals surface area contributed by atoms with Gasteiger partial charge < -0.3 is 5.11 Å². The van der Waals surface area contributed by atoms with Gasteiger partial charge in [-0.1, -0.05) is 22.0 Å². The van der Waals surface area contributed by atoms with Gasteiger partial charge in [-0.05, 0) is 24.6 Å². The van der Waals surface area contributed by atoms with Crippen LogP contribution in [0.2, 0.25) is 0 Å². The first-order valence-corrected chi connectivity index (χ1v) is 6.14. The first kappa shape index (κ1) is 11.3. The van der Waals surface area contributed by atoms with E-state index in [1.807, 2.05) is 25.1 Å². The Balaban J connectivity index is 2.46. The summed E-state index contributed by atoms with van der Waals surface area (Å²) in [6.45, 7) is 1.97. The maximum atomic E-state index is 10.7. The van der Waals surface area contributed by atoms with Crippen LogP contribution in [0, 0.1) is 6.92 Å². The van der Waals surface area contributed by atoms with E-state index in [-0.39, 0.29) is 4.88 Å². The van der Waals surface area contributed by atoms with Crippen molar-refractivity contribution in [2.24, 2.45) is 0 Å². The Morgan fingerprint density at radius 3 is 2.81 bits per heavy atom. The number of aromatic nitrogens is 1. The molecule has 5 heteroatoms. The molecule has 2 rings (SSSR count). The maximum absolute atomic E-state index is 10.7. The molecule has 0 spiro atoms. The summed E-state index contributed by atoms with van der Waals surface area (Å²) in [5.74, 6) is -0.932. The molecule has 0 bridgehead atoms. The highest BCUT2D eigenvalue weighted by Gasteiger charge is 2.11. The number of rotatable bonds is 2. The molecule has 2 aromatic rings. The summed E-state index contributed by atoms with van der Waals surface area (Å²) in [7, 11) is 0. The topological polar surface area (TPSA) is 50.2 Å². The zero-order valence-corrected chi connectivity index (χ0v) is 10.8. The third-order valence-corrected chi connectivity index (χ3v) is 3.65. The Labute approximate surface area is 105 Å². The molecule has 0 saturated carbocycles. The molecule has 82 valence electrons. The molecular weight excluding hydrogens is 290 g/mol. The molecule has 1 aromatic heterocycles. The van der Waals surface area contributed by atoms with E-state index in [2.05, 4.69) is 20.9 Å². The lowest BCUT2D eigenvalue weighted by atomic mass is 10.1. The van der Waals surface area contributed by atoms with Gasteiger partial charge in [0.2, 0.25) is 0 Å². The first-order chi connectivity index (χ1) is 7.58. The minimum absolute atomic E-state index is 0.261. The number of hydrogen-bond acceptors (Lipinski definition) is 3. The fraction of sp³-hybridized carbons (Fsp3) is 0.0909. The van der Waals surface area contributed by atoms with Crippen LogP contribution in [0.15, 0.2) is 28.9 Å². The third kappa shape index (κ3) is 2.15. The van der Waals surface area contributed by atoms with Crippen molar-refractivity contribution in [1.82, 2.24) is 4.98 Å². The molecule has 0 fully saturated rings. The van der Waals surface area contributed by atoms with E-state index in [1.54, 1.807) is 0 Å². The fourth-order valence-electron chi connectivity index (χ4n) is 1.36. The number of carboxylic acid groups (broad SMARTS) is 1. The number of carboxylic acids is 1. The Morgan fingerprint density at radius 1 is 1.50 bits per heavy atom. The van der Waals surface area contributed by atoms with Gasteiger partial charge in [-0.3, -0.25) is 0 Å². The summed E-state index contributed by atoms with van der Waals surface area (Å²) in [5, 5.41) is 9.56. The second kappa shape index (κ2) is 4.35. The summed E-state index contributed by atoms with van der Waals surface area (Å²) in [5.41, 5.74) is 2.04. The van der Waals surface area contributed by atoms with Crippen LogP contribution in [0.3, 0.4) is 0 Å². The van der Waals surface area contributed by atoms with Crippen molar-refractivity contribution < 1.29 is 9.90 Å². The highest BCUT2D eigenvalue weighted by Crippen LogP contribution is 2.29. The Kier molecular flexibility index (Phi) is 3.07. The quantitative estimate of drug-likeness (QED) is 0.922. The molecule has 0 aliphatic heterocycles. The van der Waals surface area contributed by atoms with Crippen molar-refractivity contribution in [2.45, 2.75) is 6.92 Å². The van der Waals surface area contributed by atoms with Gasteiger partial charge in [0, 0.05) is 10.0 Å². The van der Waals surface area contributed by atoms with Gasteiger partial charge in [0.25, 0.3) is 0 Å². The number of aryl methyl sites for hydroxylation is 1. The molecular formula is C11H8BrNO2S. The van der Waals surface area contributed by atoms with Gasteiger partial charge in [-0.25, -0.2) is 9.78 Å². The molecule has 0 atom stereocenters. The molecule has 1 heterocycles. The van der Waals surface area contributed by atoms with Crippen molar-refractivity contribution in [3.63, 3.8) is 0 Å². The average molecular weight is 298 g/mol. The molecule has 0 aliphatic rings. The number of thiazole rings is 1. The van der Waals surface area contributed by atoms with E-state index >= 15 is 0 Å². The van der Waals surface area contributed by atoms with Gasteiger partial charge in [0.05, 0.1) is 6.20 Å². The lowest BCUT2D eigenvalue weighted by Gasteiger charge is -2.01. The Morgan fingerprint density at radius 2 is 2.25 bits per heavy atom. The zero-order chi connectivity index (χ0) is 11.7. The lowest BCUT2D eigenvalue weighted by molar-refractivity contribution is 0.0702. The number of nitrogens with zero attached hydrogens (tertiary/aromatic N) is 1. The third-order valence-electron chi connectivity index (χ3n) is 2.14. The van der Waals surface area contributed by atoms with Crippen LogP contribution in [0.4, 0.5) is 0 Å². The van der Waals surface area contributed by atoms with E-state index in [0.29, 0.717) is 0 Å². The minimum Gasteiger partial charge on any atom is -0.477 e. The van der Waals surface area contributed by atoms with Crippen molar-refractivity contribution in [3.05, 3.63) is 39.3 Å². The minimum atomic E-state index is -0.932. The number of hydrogen-bond donors (Lipinski definition) is 1. The molecule has 0 amide bonds. The largest absolute Gasteiger partial charge is 0.477 e. The van der Waals surface area contributed by atoms with Gasteiger partial charge in [-0.15, -0.1) is 11.3 Å². The highest BCUT2D eigenvalue weighted by molar-refractivity contribution is 9.10. The van der Waals surface area contributed by atoms with Crippen LogP contribution in [0.25, 0.3) is 10.6 Å². The van der Waals surface area contributed by atoms with Crippen LogP contribution < -0.4 is 0 Å². The summed E-state index contributed by atoms with van der Waals surface area (Å²) < 4.78 is 1.00. The first-order valence-electron chi connectivity index (χ1n) is 4.53. The van der Waals surface area contributed by atoms with Crippen LogP contribution in [0.1, 0.15) is 15.2 Å². The Bertz CT molecular complexity index is 551. The number of benzene rings is 1. The van der Waals surface area contributed by atoms with Crippen LogP contribution >= 0.6 is 27.3 Å². The number of halogens is 1.